The van der Waals surface area contributed by atoms with Crippen molar-refractivity contribution in [1.29, 1.82) is 0 Å². The molecule has 3 aromatic rings. The fourth-order valence-corrected chi connectivity index (χ4v) is 4.62. The number of anilines is 1. The number of ether oxygens (including phenoxy) is 1. The van der Waals surface area contributed by atoms with Crippen LogP contribution in [0.2, 0.25) is 5.02 Å². The van der Waals surface area contributed by atoms with Crippen molar-refractivity contribution in [2.24, 2.45) is 0 Å². The van der Waals surface area contributed by atoms with Gasteiger partial charge < -0.3 is 10.1 Å². The van der Waals surface area contributed by atoms with Crippen molar-refractivity contribution >= 4 is 74.7 Å². The fourth-order valence-electron chi connectivity index (χ4n) is 3.60. The monoisotopic (exact) mass is 666 g/mol. The smallest absolute Gasteiger partial charge is 0.413 e. The van der Waals surface area contributed by atoms with Crippen molar-refractivity contribution < 1.29 is 23.9 Å². The molecule has 206 valence electrons. The van der Waals surface area contributed by atoms with E-state index in [2.05, 4.69) is 54.0 Å². The molecule has 0 unspecified atom stereocenters. The van der Waals surface area contributed by atoms with E-state index < -0.39 is 29.4 Å². The van der Waals surface area contributed by atoms with Crippen LogP contribution in [0.5, 0.6) is 0 Å². The van der Waals surface area contributed by atoms with E-state index in [0.29, 0.717) is 27.7 Å². The third-order valence-corrected chi connectivity index (χ3v) is 6.29. The van der Waals surface area contributed by atoms with Gasteiger partial charge in [-0.2, -0.15) is 0 Å². The third kappa shape index (κ3) is 8.75. The molecular formula is C26H28ClIN6O5. The lowest BCUT2D eigenvalue weighted by molar-refractivity contribution is -0.140. The van der Waals surface area contributed by atoms with Gasteiger partial charge in [0.15, 0.2) is 0 Å². The number of carbonyl (C=O) groups excluding carboxylic acids is 4. The lowest BCUT2D eigenvalue weighted by Crippen LogP contribution is -2.48. The molecule has 0 bridgehead atoms. The second kappa shape index (κ2) is 12.6. The molecule has 0 saturated carbocycles. The third-order valence-electron chi connectivity index (χ3n) is 5.26. The Labute approximate surface area is 243 Å². The van der Waals surface area contributed by atoms with Crippen LogP contribution in [0.4, 0.5) is 10.6 Å². The Hall–Kier alpha value is -3.52. The Bertz CT molecular complexity index is 1430. The molecular weight excluding hydrogens is 639 g/mol. The van der Waals surface area contributed by atoms with Crippen molar-refractivity contribution in [2.75, 3.05) is 5.32 Å². The minimum Gasteiger partial charge on any atom is -0.444 e. The normalized spacial score (nSPS) is 11.1. The van der Waals surface area contributed by atoms with Crippen LogP contribution in [-0.4, -0.2) is 39.4 Å². The van der Waals surface area contributed by atoms with E-state index in [9.17, 15) is 19.2 Å². The summed E-state index contributed by atoms with van der Waals surface area (Å²) in [6.07, 6.45) is 0.885. The van der Waals surface area contributed by atoms with Crippen molar-refractivity contribution in [3.05, 3.63) is 61.4 Å². The average molecular weight is 667 g/mol. The Kier molecular flexibility index (Phi) is 9.67. The molecule has 2 aromatic heterocycles. The van der Waals surface area contributed by atoms with Gasteiger partial charge in [0.25, 0.3) is 0 Å². The van der Waals surface area contributed by atoms with Gasteiger partial charge >= 0.3 is 17.9 Å². The van der Waals surface area contributed by atoms with Gasteiger partial charge in [-0.1, -0.05) is 11.6 Å². The maximum atomic E-state index is 12.4. The van der Waals surface area contributed by atoms with E-state index >= 15 is 0 Å². The summed E-state index contributed by atoms with van der Waals surface area (Å²) in [6.45, 7) is 8.78. The zero-order valence-corrected chi connectivity index (χ0v) is 24.9. The number of halogens is 2. The molecule has 0 spiro atoms. The quantitative estimate of drug-likeness (QED) is 0.183. The second-order valence-corrected chi connectivity index (χ2v) is 11.3. The summed E-state index contributed by atoms with van der Waals surface area (Å²) >= 11 is 8.14. The number of benzene rings is 1. The predicted octanol–water partition coefficient (Wildman–Crippen LogP) is 3.86. The van der Waals surface area contributed by atoms with Gasteiger partial charge in [-0.25, -0.2) is 9.78 Å². The number of aryl methyl sites for hydroxylation is 2. The van der Waals surface area contributed by atoms with Gasteiger partial charge in [0.1, 0.15) is 11.4 Å². The van der Waals surface area contributed by atoms with Gasteiger partial charge in [0.05, 0.1) is 17.0 Å². The van der Waals surface area contributed by atoms with Crippen LogP contribution in [0.15, 0.2) is 30.5 Å². The molecule has 0 saturated heterocycles. The lowest BCUT2D eigenvalue weighted by atomic mass is 10.1. The molecule has 13 heteroatoms. The number of hydrogen-bond acceptors (Lipinski definition) is 7. The molecule has 2 heterocycles. The van der Waals surface area contributed by atoms with Crippen LogP contribution in [0.25, 0.3) is 10.9 Å². The topological polar surface area (TPSA) is 151 Å². The molecule has 0 aliphatic carbocycles. The Morgan fingerprint density at radius 1 is 1.03 bits per heavy atom. The first kappa shape index (κ1) is 30.0. The van der Waals surface area contributed by atoms with Crippen LogP contribution >= 0.6 is 34.2 Å². The summed E-state index contributed by atoms with van der Waals surface area (Å²) in [4.78, 5) is 57.5. The summed E-state index contributed by atoms with van der Waals surface area (Å²) in [7, 11) is 0. The first-order valence-electron chi connectivity index (χ1n) is 11.8. The van der Waals surface area contributed by atoms with Gasteiger partial charge in [-0.05, 0) is 98.2 Å². The number of fused-ring (bicyclic) bond motifs is 1. The number of hydrazine groups is 1. The van der Waals surface area contributed by atoms with Crippen LogP contribution in [0, 0.1) is 17.4 Å². The van der Waals surface area contributed by atoms with E-state index in [0.717, 1.165) is 20.0 Å². The molecule has 4 N–H and O–H groups in total. The van der Waals surface area contributed by atoms with Gasteiger partial charge in [-0.15, -0.1) is 0 Å². The number of nitrogens with zero attached hydrogens (tertiary/aromatic N) is 2. The van der Waals surface area contributed by atoms with E-state index in [-0.39, 0.29) is 13.0 Å². The number of pyridine rings is 2. The van der Waals surface area contributed by atoms with Crippen LogP contribution < -0.4 is 21.5 Å². The maximum absolute atomic E-state index is 12.4. The maximum Gasteiger partial charge on any atom is 0.413 e. The zero-order valence-electron chi connectivity index (χ0n) is 22.0. The van der Waals surface area contributed by atoms with Crippen LogP contribution in [0.3, 0.4) is 0 Å². The largest absolute Gasteiger partial charge is 0.444 e. The first-order valence-corrected chi connectivity index (χ1v) is 13.3. The fraction of sp³-hybridized carbons (Fsp3) is 0.308. The predicted molar refractivity (Wildman–Crippen MR) is 155 cm³/mol. The van der Waals surface area contributed by atoms with E-state index in [1.165, 1.54) is 0 Å². The Morgan fingerprint density at radius 2 is 1.74 bits per heavy atom. The molecule has 3 rings (SSSR count). The molecule has 1 aromatic carbocycles. The number of amides is 4. The van der Waals surface area contributed by atoms with E-state index in [1.54, 1.807) is 59.0 Å². The lowest BCUT2D eigenvalue weighted by Gasteiger charge is -2.20. The van der Waals surface area contributed by atoms with E-state index in [1.807, 2.05) is 6.07 Å². The number of hydrogen-bond donors (Lipinski definition) is 4. The molecule has 0 fully saturated rings. The molecule has 0 aliphatic heterocycles. The highest BCUT2D eigenvalue weighted by molar-refractivity contribution is 14.1. The first-order chi connectivity index (χ1) is 18.2. The molecule has 0 atom stereocenters. The Balaban J connectivity index is 1.52. The van der Waals surface area contributed by atoms with Crippen molar-refractivity contribution in [2.45, 2.75) is 53.2 Å². The zero-order chi connectivity index (χ0) is 28.9. The minimum absolute atomic E-state index is 0.0176. The van der Waals surface area contributed by atoms with Gasteiger partial charge in [0.2, 0.25) is 5.91 Å². The standard InChI is InChI=1S/C26H28ClIN6O5/c1-13-6-20(32-25(38)39-26(3,4)5)31-14(2)18(13)12-30-23(36)24(37)34-33-21(35)9-15-7-16-10-17(27)11-29-22(16)19(28)8-15/h6-8,10-11H,9,12H2,1-5H3,(H,30,36)(H,33,35)(H,34,37)(H,31,32,38). The van der Waals surface area contributed by atoms with E-state index in [4.69, 9.17) is 16.3 Å². The summed E-state index contributed by atoms with van der Waals surface area (Å²) in [5.41, 5.74) is 7.13. The molecule has 0 radical (unpaired) electrons. The summed E-state index contributed by atoms with van der Waals surface area (Å²) in [6, 6.07) is 6.99. The summed E-state index contributed by atoms with van der Waals surface area (Å²) < 4.78 is 6.08. The molecule has 39 heavy (non-hydrogen) atoms. The number of rotatable bonds is 5. The number of carbonyl (C=O) groups is 4. The minimum atomic E-state index is -1.03. The Morgan fingerprint density at radius 3 is 2.41 bits per heavy atom. The number of aromatic nitrogens is 2. The SMILES string of the molecule is Cc1cc(NC(=O)OC(C)(C)C)nc(C)c1CNC(=O)C(=O)NNC(=O)Cc1cc(I)c2ncc(Cl)cc2c1. The number of nitrogens with one attached hydrogen (secondary N) is 4. The van der Waals surface area contributed by atoms with Crippen molar-refractivity contribution in [3.63, 3.8) is 0 Å². The van der Waals surface area contributed by atoms with Crippen LogP contribution in [0.1, 0.15) is 43.2 Å². The van der Waals surface area contributed by atoms with Crippen LogP contribution in [-0.2, 0) is 32.1 Å². The molecule has 4 amide bonds. The highest BCUT2D eigenvalue weighted by Gasteiger charge is 2.19. The highest BCUT2D eigenvalue weighted by Crippen LogP contribution is 2.24. The summed E-state index contributed by atoms with van der Waals surface area (Å²) in [5.74, 6) is -2.18. The molecule has 11 nitrogen and oxygen atoms in total. The summed E-state index contributed by atoms with van der Waals surface area (Å²) in [5, 5.41) is 6.34. The van der Waals surface area contributed by atoms with Gasteiger partial charge in [0, 0.05) is 27.4 Å². The second-order valence-electron chi connectivity index (χ2n) is 9.68. The average Bonchev–Trinajstić information content (AvgIpc) is 2.80. The van der Waals surface area contributed by atoms with Crippen molar-refractivity contribution in [1.82, 2.24) is 26.1 Å². The van der Waals surface area contributed by atoms with Gasteiger partial charge in [-0.3, -0.25) is 35.5 Å². The van der Waals surface area contributed by atoms with Crippen molar-refractivity contribution in [3.8, 4) is 0 Å². The molecule has 0 aliphatic rings. The highest BCUT2D eigenvalue weighted by atomic mass is 127.